The fourth-order valence-electron chi connectivity index (χ4n) is 1.75. The monoisotopic (exact) mass is 269 g/mol. The lowest BCUT2D eigenvalue weighted by atomic mass is 10.1. The minimum atomic E-state index is -0.466. The van der Waals surface area contributed by atoms with Crippen LogP contribution in [0.2, 0.25) is 5.02 Å². The molecule has 0 spiro atoms. The molecule has 0 aromatic heterocycles. The number of ether oxygens (including phenoxy) is 1. The van der Waals surface area contributed by atoms with Gasteiger partial charge in [0.05, 0.1) is 0 Å². The van der Waals surface area contributed by atoms with Gasteiger partial charge in [0.25, 0.3) is 0 Å². The Labute approximate surface area is 113 Å². The predicted octanol–water partition coefficient (Wildman–Crippen LogP) is 2.39. The molecule has 1 aliphatic carbocycles. The summed E-state index contributed by atoms with van der Waals surface area (Å²) >= 11 is 6.04. The molecule has 2 N–H and O–H groups in total. The van der Waals surface area contributed by atoms with Crippen molar-refractivity contribution in [3.8, 4) is 5.75 Å². The van der Waals surface area contributed by atoms with Gasteiger partial charge >= 0.3 is 0 Å². The van der Waals surface area contributed by atoms with Crippen molar-refractivity contribution in [1.29, 1.82) is 0 Å². The van der Waals surface area contributed by atoms with Crippen molar-refractivity contribution < 1.29 is 9.84 Å². The Hall–Kier alpha value is -0.770. The average Bonchev–Trinajstić information content (AvgIpc) is 3.19. The van der Waals surface area contributed by atoms with Crippen molar-refractivity contribution in [3.63, 3.8) is 0 Å². The highest BCUT2D eigenvalue weighted by Gasteiger charge is 2.21. The Morgan fingerprint density at radius 3 is 2.94 bits per heavy atom. The quantitative estimate of drug-likeness (QED) is 0.799. The molecule has 100 valence electrons. The fraction of sp³-hybridized carbons (Fsp3) is 0.571. The second kappa shape index (κ2) is 6.41. The van der Waals surface area contributed by atoms with Gasteiger partial charge in [-0.25, -0.2) is 0 Å². The number of aliphatic hydroxyl groups is 1. The summed E-state index contributed by atoms with van der Waals surface area (Å²) in [5, 5.41) is 13.8. The van der Waals surface area contributed by atoms with Gasteiger partial charge in [0, 0.05) is 17.6 Å². The molecule has 1 atom stereocenters. The first-order valence-corrected chi connectivity index (χ1v) is 6.89. The fourth-order valence-corrected chi connectivity index (χ4v) is 2.00. The van der Waals surface area contributed by atoms with E-state index in [1.54, 1.807) is 0 Å². The maximum atomic E-state index is 9.75. The highest BCUT2D eigenvalue weighted by Crippen LogP contribution is 2.22. The topological polar surface area (TPSA) is 41.5 Å². The number of halogens is 1. The van der Waals surface area contributed by atoms with Crippen LogP contribution in [0.5, 0.6) is 5.75 Å². The first kappa shape index (κ1) is 13.7. The lowest BCUT2D eigenvalue weighted by Gasteiger charge is -2.13. The Kier molecular flexibility index (Phi) is 4.87. The second-order valence-electron chi connectivity index (χ2n) is 4.75. The Balaban J connectivity index is 1.77. The number of benzene rings is 1. The number of aliphatic hydroxyl groups excluding tert-OH is 1. The average molecular weight is 270 g/mol. The van der Waals surface area contributed by atoms with Crippen molar-refractivity contribution in [3.05, 3.63) is 28.8 Å². The van der Waals surface area contributed by atoms with E-state index in [9.17, 15) is 5.11 Å². The lowest BCUT2D eigenvalue weighted by molar-refractivity contribution is 0.106. The van der Waals surface area contributed by atoms with E-state index in [0.717, 1.165) is 22.8 Å². The van der Waals surface area contributed by atoms with Crippen LogP contribution in [0.1, 0.15) is 25.3 Å². The van der Waals surface area contributed by atoms with Crippen LogP contribution in [0, 0.1) is 0 Å². The van der Waals surface area contributed by atoms with E-state index in [-0.39, 0.29) is 0 Å². The Bertz CT molecular complexity index is 393. The molecule has 1 aromatic rings. The zero-order chi connectivity index (χ0) is 13.0. The molecule has 3 nitrogen and oxygen atoms in total. The standard InChI is InChI=1S/C14H20ClNO2/c1-2-10-7-13(5-6-14(10)15)18-9-12(17)8-16-11-3-4-11/h5-7,11-12,16-17H,2-4,8-9H2,1H3. The second-order valence-corrected chi connectivity index (χ2v) is 5.16. The van der Waals surface area contributed by atoms with Gasteiger partial charge in [0.2, 0.25) is 0 Å². The molecule has 1 unspecified atom stereocenters. The van der Waals surface area contributed by atoms with Gasteiger partial charge in [-0.3, -0.25) is 0 Å². The van der Waals surface area contributed by atoms with Crippen LogP contribution in [0.3, 0.4) is 0 Å². The molecule has 4 heteroatoms. The molecule has 0 radical (unpaired) electrons. The molecule has 18 heavy (non-hydrogen) atoms. The van der Waals surface area contributed by atoms with Gasteiger partial charge in [-0.2, -0.15) is 0 Å². The molecule has 1 aromatic carbocycles. The molecule has 0 heterocycles. The van der Waals surface area contributed by atoms with Crippen molar-refractivity contribution in [2.75, 3.05) is 13.2 Å². The summed E-state index contributed by atoms with van der Waals surface area (Å²) < 4.78 is 5.57. The van der Waals surface area contributed by atoms with Crippen LogP contribution in [-0.4, -0.2) is 30.4 Å². The summed E-state index contributed by atoms with van der Waals surface area (Å²) in [6.07, 6.45) is 2.86. The van der Waals surface area contributed by atoms with E-state index < -0.39 is 6.10 Å². The summed E-state index contributed by atoms with van der Waals surface area (Å²) in [5.74, 6) is 0.765. The molecule has 2 rings (SSSR count). The van der Waals surface area contributed by atoms with E-state index in [2.05, 4.69) is 12.2 Å². The van der Waals surface area contributed by atoms with Crippen LogP contribution < -0.4 is 10.1 Å². The van der Waals surface area contributed by atoms with Gasteiger partial charge in [0.1, 0.15) is 18.5 Å². The third-order valence-corrected chi connectivity index (χ3v) is 3.43. The van der Waals surface area contributed by atoms with Crippen LogP contribution in [-0.2, 0) is 6.42 Å². The van der Waals surface area contributed by atoms with Crippen LogP contribution >= 0.6 is 11.6 Å². The van der Waals surface area contributed by atoms with Gasteiger partial charge in [-0.15, -0.1) is 0 Å². The first-order valence-electron chi connectivity index (χ1n) is 6.51. The number of hydrogen-bond acceptors (Lipinski definition) is 3. The minimum Gasteiger partial charge on any atom is -0.491 e. The van der Waals surface area contributed by atoms with E-state index in [4.69, 9.17) is 16.3 Å². The summed E-state index contributed by atoms with van der Waals surface area (Å²) in [4.78, 5) is 0. The summed E-state index contributed by atoms with van der Waals surface area (Å²) in [6.45, 7) is 2.96. The largest absolute Gasteiger partial charge is 0.491 e. The number of nitrogens with one attached hydrogen (secondary N) is 1. The molecule has 1 fully saturated rings. The Morgan fingerprint density at radius 2 is 2.28 bits per heavy atom. The zero-order valence-corrected chi connectivity index (χ0v) is 11.4. The number of hydrogen-bond donors (Lipinski definition) is 2. The van der Waals surface area contributed by atoms with Gasteiger partial charge in [-0.1, -0.05) is 18.5 Å². The molecule has 0 amide bonds. The van der Waals surface area contributed by atoms with E-state index in [1.165, 1.54) is 12.8 Å². The van der Waals surface area contributed by atoms with Crippen LogP contribution in [0.25, 0.3) is 0 Å². The number of aryl methyl sites for hydroxylation is 1. The summed E-state index contributed by atoms with van der Waals surface area (Å²) in [5.41, 5.74) is 1.07. The SMILES string of the molecule is CCc1cc(OCC(O)CNC2CC2)ccc1Cl. The first-order chi connectivity index (χ1) is 8.69. The van der Waals surface area contributed by atoms with Gasteiger partial charge in [0.15, 0.2) is 0 Å². The predicted molar refractivity (Wildman–Crippen MR) is 73.4 cm³/mol. The van der Waals surface area contributed by atoms with E-state index in [0.29, 0.717) is 19.2 Å². The molecule has 0 aliphatic heterocycles. The summed E-state index contributed by atoms with van der Waals surface area (Å²) in [6, 6.07) is 6.22. The van der Waals surface area contributed by atoms with E-state index in [1.807, 2.05) is 18.2 Å². The summed E-state index contributed by atoms with van der Waals surface area (Å²) in [7, 11) is 0. The normalized spacial score (nSPS) is 16.6. The molecular formula is C14H20ClNO2. The third-order valence-electron chi connectivity index (χ3n) is 3.06. The molecule has 0 saturated heterocycles. The van der Waals surface area contributed by atoms with Gasteiger partial charge in [-0.05, 0) is 43.0 Å². The van der Waals surface area contributed by atoms with Crippen molar-refractivity contribution in [2.45, 2.75) is 38.3 Å². The lowest BCUT2D eigenvalue weighted by Crippen LogP contribution is -2.32. The Morgan fingerprint density at radius 1 is 1.50 bits per heavy atom. The maximum Gasteiger partial charge on any atom is 0.119 e. The minimum absolute atomic E-state index is 0.310. The number of rotatable bonds is 7. The van der Waals surface area contributed by atoms with E-state index >= 15 is 0 Å². The third kappa shape index (κ3) is 4.16. The molecule has 1 saturated carbocycles. The van der Waals surface area contributed by atoms with Crippen LogP contribution in [0.15, 0.2) is 18.2 Å². The highest BCUT2D eigenvalue weighted by molar-refractivity contribution is 6.31. The van der Waals surface area contributed by atoms with Crippen molar-refractivity contribution >= 4 is 11.6 Å². The van der Waals surface area contributed by atoms with Crippen molar-refractivity contribution in [2.24, 2.45) is 0 Å². The van der Waals surface area contributed by atoms with Crippen molar-refractivity contribution in [1.82, 2.24) is 5.32 Å². The highest BCUT2D eigenvalue weighted by atomic mass is 35.5. The zero-order valence-electron chi connectivity index (χ0n) is 10.7. The van der Waals surface area contributed by atoms with Gasteiger partial charge < -0.3 is 15.2 Å². The maximum absolute atomic E-state index is 9.75. The molecular weight excluding hydrogens is 250 g/mol. The molecule has 1 aliphatic rings. The smallest absolute Gasteiger partial charge is 0.119 e. The molecule has 0 bridgehead atoms. The van der Waals surface area contributed by atoms with Crippen LogP contribution in [0.4, 0.5) is 0 Å².